The van der Waals surface area contributed by atoms with Crippen LogP contribution in [-0.4, -0.2) is 17.2 Å². The summed E-state index contributed by atoms with van der Waals surface area (Å²) in [6.07, 6.45) is 3.63. The SMILES string of the molecule is C#CCC(Oc1ccc(Br)cc1F)C(=O)O. The number of carboxylic acid groups (broad SMARTS) is 1. The van der Waals surface area contributed by atoms with Gasteiger partial charge in [0.05, 0.1) is 6.42 Å². The van der Waals surface area contributed by atoms with Gasteiger partial charge < -0.3 is 9.84 Å². The molecule has 1 unspecified atom stereocenters. The fourth-order valence-electron chi connectivity index (χ4n) is 1.01. The van der Waals surface area contributed by atoms with Crippen molar-refractivity contribution in [1.29, 1.82) is 0 Å². The number of rotatable bonds is 4. The van der Waals surface area contributed by atoms with Crippen LogP contribution in [-0.2, 0) is 4.79 Å². The molecular formula is C11H8BrFO3. The second-order valence-corrected chi connectivity index (χ2v) is 3.84. The Morgan fingerprint density at radius 1 is 1.69 bits per heavy atom. The van der Waals surface area contributed by atoms with Gasteiger partial charge in [0.2, 0.25) is 6.10 Å². The molecule has 1 atom stereocenters. The van der Waals surface area contributed by atoms with Crippen LogP contribution in [0.15, 0.2) is 22.7 Å². The Balaban J connectivity index is 2.86. The van der Waals surface area contributed by atoms with E-state index < -0.39 is 17.9 Å². The van der Waals surface area contributed by atoms with Crippen LogP contribution in [0.4, 0.5) is 4.39 Å². The first kappa shape index (κ1) is 12.5. The number of aliphatic carboxylic acids is 1. The maximum Gasteiger partial charge on any atom is 0.345 e. The van der Waals surface area contributed by atoms with Gasteiger partial charge in [-0.1, -0.05) is 15.9 Å². The van der Waals surface area contributed by atoms with E-state index in [4.69, 9.17) is 16.3 Å². The molecule has 3 nitrogen and oxygen atoms in total. The lowest BCUT2D eigenvalue weighted by Crippen LogP contribution is -2.26. The Kier molecular flexibility index (Phi) is 4.32. The van der Waals surface area contributed by atoms with Crippen LogP contribution in [0, 0.1) is 18.2 Å². The van der Waals surface area contributed by atoms with Gasteiger partial charge in [-0.3, -0.25) is 0 Å². The summed E-state index contributed by atoms with van der Waals surface area (Å²) < 4.78 is 18.8. The summed E-state index contributed by atoms with van der Waals surface area (Å²) in [5.74, 6) is 0.166. The molecule has 0 aliphatic carbocycles. The van der Waals surface area contributed by atoms with Crippen LogP contribution in [0.1, 0.15) is 6.42 Å². The number of hydrogen-bond acceptors (Lipinski definition) is 2. The molecule has 0 bridgehead atoms. The Morgan fingerprint density at radius 3 is 2.88 bits per heavy atom. The van der Waals surface area contributed by atoms with Crippen molar-refractivity contribution in [3.05, 3.63) is 28.5 Å². The highest BCUT2D eigenvalue weighted by atomic mass is 79.9. The zero-order valence-electron chi connectivity index (χ0n) is 8.11. The van der Waals surface area contributed by atoms with Crippen molar-refractivity contribution in [1.82, 2.24) is 0 Å². The van der Waals surface area contributed by atoms with E-state index in [0.29, 0.717) is 4.47 Å². The van der Waals surface area contributed by atoms with Crippen LogP contribution in [0.2, 0.25) is 0 Å². The molecular weight excluding hydrogens is 279 g/mol. The molecule has 0 aliphatic rings. The van der Waals surface area contributed by atoms with E-state index >= 15 is 0 Å². The average Bonchev–Trinajstić information content (AvgIpc) is 2.20. The van der Waals surface area contributed by atoms with E-state index in [2.05, 4.69) is 21.9 Å². The number of hydrogen-bond donors (Lipinski definition) is 1. The van der Waals surface area contributed by atoms with Crippen molar-refractivity contribution in [3.63, 3.8) is 0 Å². The number of halogens is 2. The predicted molar refractivity (Wildman–Crippen MR) is 59.6 cm³/mol. The molecule has 0 aromatic heterocycles. The standard InChI is InChI=1S/C11H8BrFO3/c1-2-3-10(11(14)15)16-9-5-4-7(12)6-8(9)13/h1,4-6,10H,3H2,(H,14,15). The fraction of sp³-hybridized carbons (Fsp3) is 0.182. The van der Waals surface area contributed by atoms with Crippen LogP contribution < -0.4 is 4.74 Å². The zero-order chi connectivity index (χ0) is 12.1. The smallest absolute Gasteiger partial charge is 0.345 e. The molecule has 1 aromatic carbocycles. The van der Waals surface area contributed by atoms with Crippen molar-refractivity contribution >= 4 is 21.9 Å². The van der Waals surface area contributed by atoms with Crippen LogP contribution >= 0.6 is 15.9 Å². The first-order chi connectivity index (χ1) is 7.54. The second-order valence-electron chi connectivity index (χ2n) is 2.93. The molecule has 0 amide bonds. The number of benzene rings is 1. The van der Waals surface area contributed by atoms with Gasteiger partial charge in [0, 0.05) is 4.47 Å². The fourth-order valence-corrected chi connectivity index (χ4v) is 1.34. The predicted octanol–water partition coefficient (Wildman–Crippen LogP) is 2.44. The normalized spacial score (nSPS) is 11.6. The lowest BCUT2D eigenvalue weighted by Gasteiger charge is -2.13. The van der Waals surface area contributed by atoms with Crippen LogP contribution in [0.25, 0.3) is 0 Å². The molecule has 1 rings (SSSR count). The summed E-state index contributed by atoms with van der Waals surface area (Å²) >= 11 is 3.08. The molecule has 5 heteroatoms. The van der Waals surface area contributed by atoms with Gasteiger partial charge in [0.25, 0.3) is 0 Å². The van der Waals surface area contributed by atoms with Gasteiger partial charge in [0.1, 0.15) is 0 Å². The van der Waals surface area contributed by atoms with E-state index in [1.807, 2.05) is 0 Å². The van der Waals surface area contributed by atoms with Crippen LogP contribution in [0.5, 0.6) is 5.75 Å². The van der Waals surface area contributed by atoms with E-state index in [9.17, 15) is 9.18 Å². The summed E-state index contributed by atoms with van der Waals surface area (Å²) in [6.45, 7) is 0. The molecule has 1 N–H and O–H groups in total. The van der Waals surface area contributed by atoms with E-state index in [1.54, 1.807) is 6.07 Å². The molecule has 0 saturated heterocycles. The van der Waals surface area contributed by atoms with Gasteiger partial charge >= 0.3 is 5.97 Å². The third kappa shape index (κ3) is 3.24. The number of carboxylic acids is 1. The summed E-state index contributed by atoms with van der Waals surface area (Å²) in [4.78, 5) is 10.7. The molecule has 84 valence electrons. The second kappa shape index (κ2) is 5.52. The average molecular weight is 287 g/mol. The highest BCUT2D eigenvalue weighted by Crippen LogP contribution is 2.22. The van der Waals surface area contributed by atoms with E-state index in [0.717, 1.165) is 0 Å². The molecule has 16 heavy (non-hydrogen) atoms. The quantitative estimate of drug-likeness (QED) is 0.865. The van der Waals surface area contributed by atoms with Crippen LogP contribution in [0.3, 0.4) is 0 Å². The van der Waals surface area contributed by atoms with Crippen molar-refractivity contribution in [2.24, 2.45) is 0 Å². The summed E-state index contributed by atoms with van der Waals surface area (Å²) in [5, 5.41) is 8.76. The molecule has 0 spiro atoms. The Bertz CT molecular complexity index is 439. The lowest BCUT2D eigenvalue weighted by molar-refractivity contribution is -0.144. The number of ether oxygens (including phenoxy) is 1. The highest BCUT2D eigenvalue weighted by molar-refractivity contribution is 9.10. The molecule has 0 aliphatic heterocycles. The van der Waals surface area contributed by atoms with Crippen molar-refractivity contribution in [3.8, 4) is 18.1 Å². The number of terminal acetylenes is 1. The Labute approximate surface area is 100 Å². The molecule has 0 radical (unpaired) electrons. The molecule has 0 saturated carbocycles. The Morgan fingerprint density at radius 2 is 2.38 bits per heavy atom. The van der Waals surface area contributed by atoms with Crippen molar-refractivity contribution < 1.29 is 19.0 Å². The summed E-state index contributed by atoms with van der Waals surface area (Å²) in [5.41, 5.74) is 0. The maximum absolute atomic E-state index is 13.3. The van der Waals surface area contributed by atoms with Gasteiger partial charge in [-0.05, 0) is 18.2 Å². The molecule has 0 fully saturated rings. The maximum atomic E-state index is 13.3. The van der Waals surface area contributed by atoms with Gasteiger partial charge in [-0.2, -0.15) is 0 Å². The minimum Gasteiger partial charge on any atom is -0.478 e. The minimum absolute atomic E-state index is 0.120. The first-order valence-corrected chi connectivity index (χ1v) is 5.12. The van der Waals surface area contributed by atoms with E-state index in [1.165, 1.54) is 12.1 Å². The lowest BCUT2D eigenvalue weighted by atomic mass is 10.2. The summed E-state index contributed by atoms with van der Waals surface area (Å²) in [6, 6.07) is 4.07. The van der Waals surface area contributed by atoms with Gasteiger partial charge in [-0.25, -0.2) is 9.18 Å². The molecule has 0 heterocycles. The van der Waals surface area contributed by atoms with E-state index in [-0.39, 0.29) is 12.2 Å². The van der Waals surface area contributed by atoms with Crippen molar-refractivity contribution in [2.75, 3.05) is 0 Å². The Hall–Kier alpha value is -1.54. The minimum atomic E-state index is -1.24. The largest absolute Gasteiger partial charge is 0.478 e. The van der Waals surface area contributed by atoms with Gasteiger partial charge in [0.15, 0.2) is 11.6 Å². The zero-order valence-corrected chi connectivity index (χ0v) is 9.70. The molecule has 1 aromatic rings. The monoisotopic (exact) mass is 286 g/mol. The summed E-state index contributed by atoms with van der Waals surface area (Å²) in [7, 11) is 0. The van der Waals surface area contributed by atoms with Crippen molar-refractivity contribution in [2.45, 2.75) is 12.5 Å². The first-order valence-electron chi connectivity index (χ1n) is 4.32. The topological polar surface area (TPSA) is 46.5 Å². The highest BCUT2D eigenvalue weighted by Gasteiger charge is 2.19. The number of carbonyl (C=O) groups is 1. The van der Waals surface area contributed by atoms with Gasteiger partial charge in [-0.15, -0.1) is 12.3 Å². The third-order valence-electron chi connectivity index (χ3n) is 1.74. The third-order valence-corrected chi connectivity index (χ3v) is 2.24.